The first-order valence-corrected chi connectivity index (χ1v) is 16.8. The largest absolute Gasteiger partial charge is 0.407 e. The van der Waals surface area contributed by atoms with Crippen LogP contribution in [0.2, 0.25) is 5.04 Å². The van der Waals surface area contributed by atoms with E-state index in [0.29, 0.717) is 12.5 Å². The van der Waals surface area contributed by atoms with Crippen LogP contribution in [-0.4, -0.2) is 52.3 Å². The van der Waals surface area contributed by atoms with Crippen LogP contribution in [0.1, 0.15) is 73.1 Å². The summed E-state index contributed by atoms with van der Waals surface area (Å²) in [6.07, 6.45) is 5.97. The van der Waals surface area contributed by atoms with Gasteiger partial charge >= 0.3 is 0 Å². The van der Waals surface area contributed by atoms with Crippen LogP contribution < -0.4 is 10.4 Å². The minimum Gasteiger partial charge on any atom is -0.407 e. The molecule has 220 valence electrons. The van der Waals surface area contributed by atoms with E-state index in [-0.39, 0.29) is 29.1 Å². The molecule has 0 aliphatic carbocycles. The minimum atomic E-state index is -2.50. The van der Waals surface area contributed by atoms with Gasteiger partial charge in [-0.1, -0.05) is 102 Å². The fourth-order valence-electron chi connectivity index (χ4n) is 6.20. The molecular formula is C34H51NO4Si. The van der Waals surface area contributed by atoms with Gasteiger partial charge in [-0.05, 0) is 65.4 Å². The van der Waals surface area contributed by atoms with Crippen molar-refractivity contribution in [1.29, 1.82) is 0 Å². The summed E-state index contributed by atoms with van der Waals surface area (Å²) in [5.74, 6) is 0.395. The molecule has 2 unspecified atom stereocenters. The summed E-state index contributed by atoms with van der Waals surface area (Å²) in [4.78, 5) is 17.4. The normalized spacial score (nSPS) is 19.4. The maximum Gasteiger partial charge on any atom is 0.261 e. The number of ether oxygens (including phenoxy) is 1. The Morgan fingerprint density at radius 3 is 2.15 bits per heavy atom. The molecule has 1 fully saturated rings. The van der Waals surface area contributed by atoms with Crippen molar-refractivity contribution in [2.24, 2.45) is 11.8 Å². The van der Waals surface area contributed by atoms with E-state index in [9.17, 15) is 4.79 Å². The highest BCUT2D eigenvalue weighted by molar-refractivity contribution is 6.99. The van der Waals surface area contributed by atoms with Gasteiger partial charge in [-0.2, -0.15) is 0 Å². The first-order chi connectivity index (χ1) is 19.0. The van der Waals surface area contributed by atoms with Crippen LogP contribution in [0.4, 0.5) is 0 Å². The standard InChI is InChI=1S/C34H51NO4Si/c1-26(24-28(3)33(36)35(7)37-8)21-22-32-27(2)25-29(39-32)16-15-23-38-40(34(4,5)6,30-17-11-9-12-18-30)31-19-13-10-14-20-31/h9-14,17-20,26,28-29,32H,2,15-16,21-25H2,1,3-8H3/t26-,28?,29+,32?/m1/s1. The lowest BCUT2D eigenvalue weighted by Gasteiger charge is -2.43. The molecule has 0 spiro atoms. The third-order valence-electron chi connectivity index (χ3n) is 8.39. The third kappa shape index (κ3) is 7.94. The number of hydroxylamine groups is 2. The van der Waals surface area contributed by atoms with Gasteiger partial charge in [-0.3, -0.25) is 9.63 Å². The van der Waals surface area contributed by atoms with Gasteiger partial charge in [-0.25, -0.2) is 5.06 Å². The van der Waals surface area contributed by atoms with Crippen molar-refractivity contribution in [2.45, 2.75) is 90.4 Å². The molecule has 2 aromatic rings. The van der Waals surface area contributed by atoms with E-state index in [0.717, 1.165) is 38.5 Å². The van der Waals surface area contributed by atoms with Crippen molar-refractivity contribution >= 4 is 24.6 Å². The Morgan fingerprint density at radius 1 is 1.05 bits per heavy atom. The zero-order valence-electron chi connectivity index (χ0n) is 25.8. The zero-order chi connectivity index (χ0) is 29.3. The fourth-order valence-corrected chi connectivity index (χ4v) is 10.8. The van der Waals surface area contributed by atoms with Crippen LogP contribution in [0.15, 0.2) is 72.8 Å². The molecular weight excluding hydrogens is 514 g/mol. The predicted octanol–water partition coefficient (Wildman–Crippen LogP) is 6.52. The Balaban J connectivity index is 1.54. The lowest BCUT2D eigenvalue weighted by molar-refractivity contribution is -0.173. The molecule has 4 atom stereocenters. The van der Waals surface area contributed by atoms with Crippen LogP contribution in [0.5, 0.6) is 0 Å². The molecule has 0 aromatic heterocycles. The van der Waals surface area contributed by atoms with Crippen molar-refractivity contribution < 1.29 is 18.8 Å². The zero-order valence-corrected chi connectivity index (χ0v) is 26.8. The molecule has 1 amide bonds. The molecule has 1 aliphatic heterocycles. The number of rotatable bonds is 14. The van der Waals surface area contributed by atoms with Crippen LogP contribution in [0, 0.1) is 11.8 Å². The quantitative estimate of drug-likeness (QED) is 0.113. The number of carbonyl (C=O) groups is 1. The number of benzene rings is 2. The minimum absolute atomic E-state index is 0.0171. The summed E-state index contributed by atoms with van der Waals surface area (Å²) in [5, 5.41) is 3.94. The molecule has 1 heterocycles. The molecule has 2 aromatic carbocycles. The monoisotopic (exact) mass is 565 g/mol. The maximum absolute atomic E-state index is 12.3. The molecule has 5 nitrogen and oxygen atoms in total. The summed E-state index contributed by atoms with van der Waals surface area (Å²) in [7, 11) is 0.686. The summed E-state index contributed by atoms with van der Waals surface area (Å²) in [6, 6.07) is 21.7. The van der Waals surface area contributed by atoms with Crippen LogP contribution >= 0.6 is 0 Å². The highest BCUT2D eigenvalue weighted by Gasteiger charge is 2.50. The second-order valence-electron chi connectivity index (χ2n) is 12.6. The van der Waals surface area contributed by atoms with Crippen molar-refractivity contribution in [3.63, 3.8) is 0 Å². The van der Waals surface area contributed by atoms with Gasteiger partial charge in [0.15, 0.2) is 0 Å². The van der Waals surface area contributed by atoms with E-state index < -0.39 is 8.32 Å². The van der Waals surface area contributed by atoms with Gasteiger partial charge in [0, 0.05) is 19.6 Å². The number of carbonyl (C=O) groups excluding carboxylic acids is 1. The molecule has 0 N–H and O–H groups in total. The topological polar surface area (TPSA) is 48.0 Å². The number of hydrogen-bond acceptors (Lipinski definition) is 4. The molecule has 40 heavy (non-hydrogen) atoms. The number of amides is 1. The average Bonchev–Trinajstić information content (AvgIpc) is 3.30. The van der Waals surface area contributed by atoms with Gasteiger partial charge in [0.05, 0.1) is 19.3 Å². The summed E-state index contributed by atoms with van der Waals surface area (Å²) in [6.45, 7) is 16.2. The average molecular weight is 566 g/mol. The SMILES string of the molecule is C=C1C[C@H](CCCO[Si](c2ccccc2)(c2ccccc2)C(C)(C)C)OC1CC[C@@H](C)CC(C)C(=O)N(C)OC. The first kappa shape index (κ1) is 32.3. The number of hydrogen-bond donors (Lipinski definition) is 0. The summed E-state index contributed by atoms with van der Waals surface area (Å²) < 4.78 is 13.5. The second kappa shape index (κ2) is 14.6. The Labute approximate surface area is 244 Å². The second-order valence-corrected chi connectivity index (χ2v) is 16.9. The van der Waals surface area contributed by atoms with E-state index in [1.165, 1.54) is 28.1 Å². The van der Waals surface area contributed by atoms with E-state index in [4.69, 9.17) is 14.0 Å². The highest BCUT2D eigenvalue weighted by atomic mass is 28.4. The first-order valence-electron chi connectivity index (χ1n) is 14.9. The Kier molecular flexibility index (Phi) is 11.8. The molecule has 1 aliphatic rings. The van der Waals surface area contributed by atoms with Crippen molar-refractivity contribution in [3.05, 3.63) is 72.8 Å². The van der Waals surface area contributed by atoms with Gasteiger partial charge in [0.25, 0.3) is 8.32 Å². The lowest BCUT2D eigenvalue weighted by atomic mass is 9.91. The van der Waals surface area contributed by atoms with E-state index >= 15 is 0 Å². The maximum atomic E-state index is 12.3. The van der Waals surface area contributed by atoms with E-state index in [1.807, 2.05) is 6.92 Å². The van der Waals surface area contributed by atoms with Gasteiger partial charge < -0.3 is 9.16 Å². The predicted molar refractivity (Wildman–Crippen MR) is 167 cm³/mol. The highest BCUT2D eigenvalue weighted by Crippen LogP contribution is 2.37. The Morgan fingerprint density at radius 2 is 1.62 bits per heavy atom. The molecule has 0 saturated carbocycles. The van der Waals surface area contributed by atoms with Gasteiger partial charge in [-0.15, -0.1) is 0 Å². The van der Waals surface area contributed by atoms with Crippen LogP contribution in [0.3, 0.4) is 0 Å². The number of nitrogens with zero attached hydrogens (tertiary/aromatic N) is 1. The molecule has 0 bridgehead atoms. The lowest BCUT2D eigenvalue weighted by Crippen LogP contribution is -2.66. The summed E-state index contributed by atoms with van der Waals surface area (Å²) in [5.41, 5.74) is 1.20. The summed E-state index contributed by atoms with van der Waals surface area (Å²) >= 11 is 0. The van der Waals surface area contributed by atoms with Crippen molar-refractivity contribution in [1.82, 2.24) is 5.06 Å². The Bertz CT molecular complexity index is 1030. The fraction of sp³-hybridized carbons (Fsp3) is 0.559. The van der Waals surface area contributed by atoms with E-state index in [2.05, 4.69) is 94.9 Å². The van der Waals surface area contributed by atoms with Crippen molar-refractivity contribution in [3.8, 4) is 0 Å². The molecule has 1 saturated heterocycles. The molecule has 6 heteroatoms. The smallest absolute Gasteiger partial charge is 0.261 e. The van der Waals surface area contributed by atoms with Gasteiger partial charge in [0.2, 0.25) is 5.91 Å². The molecule has 0 radical (unpaired) electrons. The van der Waals surface area contributed by atoms with E-state index in [1.54, 1.807) is 7.05 Å². The van der Waals surface area contributed by atoms with Crippen molar-refractivity contribution in [2.75, 3.05) is 20.8 Å². The Hall–Kier alpha value is -2.25. The third-order valence-corrected chi connectivity index (χ3v) is 13.4. The van der Waals surface area contributed by atoms with Crippen LogP contribution in [-0.2, 0) is 18.8 Å². The van der Waals surface area contributed by atoms with Gasteiger partial charge in [0.1, 0.15) is 0 Å². The van der Waals surface area contributed by atoms with Crippen LogP contribution in [0.25, 0.3) is 0 Å². The molecule has 3 rings (SSSR count).